The highest BCUT2D eigenvalue weighted by atomic mass is 35.5. The molecule has 1 aromatic heterocycles. The van der Waals surface area contributed by atoms with Gasteiger partial charge in [-0.25, -0.2) is 0 Å². The van der Waals surface area contributed by atoms with Gasteiger partial charge in [-0.2, -0.15) is 0 Å². The van der Waals surface area contributed by atoms with Gasteiger partial charge < -0.3 is 0 Å². The third-order valence-electron chi connectivity index (χ3n) is 5.99. The summed E-state index contributed by atoms with van der Waals surface area (Å²) in [6.45, 7) is 0. The van der Waals surface area contributed by atoms with Crippen molar-refractivity contribution >= 4 is 23.2 Å². The molecule has 1 aromatic rings. The van der Waals surface area contributed by atoms with Gasteiger partial charge in [-0.05, 0) is 79.7 Å². The molecule has 0 aromatic carbocycles. The van der Waals surface area contributed by atoms with Crippen molar-refractivity contribution in [3.63, 3.8) is 0 Å². The van der Waals surface area contributed by atoms with E-state index in [-0.39, 0.29) is 5.38 Å². The Bertz CT molecular complexity index is 474. The van der Waals surface area contributed by atoms with Gasteiger partial charge in [-0.1, -0.05) is 11.6 Å². The zero-order chi connectivity index (χ0) is 13.7. The average Bonchev–Trinajstić information content (AvgIpc) is 2.40. The molecule has 0 saturated heterocycles. The van der Waals surface area contributed by atoms with Gasteiger partial charge in [0.1, 0.15) is 0 Å². The maximum Gasteiger partial charge on any atom is 0.0621 e. The SMILES string of the molecule is Clc1cnccc1CC(Cl)C1C2CC3CC(C2)CC1C3. The van der Waals surface area contributed by atoms with Crippen molar-refractivity contribution in [1.82, 2.24) is 4.98 Å². The fourth-order valence-corrected chi connectivity index (χ4v) is 6.25. The number of pyridine rings is 1. The Morgan fingerprint density at radius 1 is 1.10 bits per heavy atom. The summed E-state index contributed by atoms with van der Waals surface area (Å²) in [5.74, 6) is 4.52. The van der Waals surface area contributed by atoms with E-state index in [1.807, 2.05) is 12.3 Å². The van der Waals surface area contributed by atoms with E-state index in [9.17, 15) is 0 Å². The van der Waals surface area contributed by atoms with Crippen molar-refractivity contribution in [3.05, 3.63) is 29.0 Å². The summed E-state index contributed by atoms with van der Waals surface area (Å²) >= 11 is 13.1. The van der Waals surface area contributed by atoms with E-state index < -0.39 is 0 Å². The highest BCUT2D eigenvalue weighted by Gasteiger charge is 2.50. The fraction of sp³-hybridized carbons (Fsp3) is 0.706. The predicted molar refractivity (Wildman–Crippen MR) is 83.1 cm³/mol. The van der Waals surface area contributed by atoms with Crippen LogP contribution in [0.2, 0.25) is 5.02 Å². The number of alkyl halides is 1. The monoisotopic (exact) mass is 309 g/mol. The molecule has 0 spiro atoms. The normalized spacial score (nSPS) is 40.0. The molecule has 4 bridgehead atoms. The number of rotatable bonds is 3. The first-order chi connectivity index (χ1) is 9.70. The van der Waals surface area contributed by atoms with Crippen molar-refractivity contribution in [1.29, 1.82) is 0 Å². The molecule has 4 fully saturated rings. The van der Waals surface area contributed by atoms with Crippen LogP contribution in [-0.4, -0.2) is 10.4 Å². The molecule has 4 aliphatic carbocycles. The lowest BCUT2D eigenvalue weighted by Crippen LogP contribution is -2.48. The van der Waals surface area contributed by atoms with Crippen molar-refractivity contribution < 1.29 is 0 Å². The van der Waals surface area contributed by atoms with Gasteiger partial charge in [0, 0.05) is 17.8 Å². The van der Waals surface area contributed by atoms with Gasteiger partial charge in [0.2, 0.25) is 0 Å². The third-order valence-corrected chi connectivity index (χ3v) is 6.77. The van der Waals surface area contributed by atoms with Crippen molar-refractivity contribution in [3.8, 4) is 0 Å². The second kappa shape index (κ2) is 5.18. The van der Waals surface area contributed by atoms with Crippen LogP contribution in [0.4, 0.5) is 0 Å². The smallest absolute Gasteiger partial charge is 0.0621 e. The predicted octanol–water partition coefficient (Wildman–Crippen LogP) is 4.96. The van der Waals surface area contributed by atoms with Crippen molar-refractivity contribution in [2.45, 2.75) is 43.9 Å². The minimum absolute atomic E-state index is 0.241. The van der Waals surface area contributed by atoms with Crippen LogP contribution in [-0.2, 0) is 6.42 Å². The van der Waals surface area contributed by atoms with Crippen LogP contribution in [0.5, 0.6) is 0 Å². The quantitative estimate of drug-likeness (QED) is 0.719. The van der Waals surface area contributed by atoms with Gasteiger partial charge in [0.15, 0.2) is 0 Å². The molecule has 3 heteroatoms. The zero-order valence-electron chi connectivity index (χ0n) is 11.6. The second-order valence-corrected chi connectivity index (χ2v) is 8.16. The van der Waals surface area contributed by atoms with E-state index >= 15 is 0 Å². The highest BCUT2D eigenvalue weighted by Crippen LogP contribution is 2.58. The molecule has 0 amide bonds. The maximum atomic E-state index is 6.85. The molecule has 4 aliphatic rings. The fourth-order valence-electron chi connectivity index (χ4n) is 5.47. The zero-order valence-corrected chi connectivity index (χ0v) is 13.2. The minimum Gasteiger partial charge on any atom is -0.263 e. The number of nitrogens with zero attached hydrogens (tertiary/aromatic N) is 1. The molecule has 1 heterocycles. The summed E-state index contributed by atoms with van der Waals surface area (Å²) in [4.78, 5) is 4.06. The summed E-state index contributed by atoms with van der Waals surface area (Å²) in [5, 5.41) is 1.01. The largest absolute Gasteiger partial charge is 0.263 e. The van der Waals surface area contributed by atoms with E-state index in [0.29, 0.717) is 5.92 Å². The molecule has 1 nitrogen and oxygen atoms in total. The first-order valence-electron chi connectivity index (χ1n) is 7.93. The van der Waals surface area contributed by atoms with Gasteiger partial charge in [-0.3, -0.25) is 4.98 Å². The van der Waals surface area contributed by atoms with E-state index in [2.05, 4.69) is 4.98 Å². The Morgan fingerprint density at radius 3 is 2.35 bits per heavy atom. The van der Waals surface area contributed by atoms with Crippen molar-refractivity contribution in [2.75, 3.05) is 0 Å². The molecule has 1 unspecified atom stereocenters. The summed E-state index contributed by atoms with van der Waals surface area (Å²) in [7, 11) is 0. The minimum atomic E-state index is 0.241. The van der Waals surface area contributed by atoms with Crippen LogP contribution in [0.25, 0.3) is 0 Å². The van der Waals surface area contributed by atoms with Crippen LogP contribution in [0.15, 0.2) is 18.5 Å². The Balaban J connectivity index is 1.51. The van der Waals surface area contributed by atoms with Crippen LogP contribution in [0.1, 0.15) is 37.7 Å². The first-order valence-corrected chi connectivity index (χ1v) is 8.74. The summed E-state index contributed by atoms with van der Waals surface area (Å²) in [6, 6.07) is 2.02. The van der Waals surface area contributed by atoms with Gasteiger partial charge >= 0.3 is 0 Å². The van der Waals surface area contributed by atoms with Gasteiger partial charge in [0.25, 0.3) is 0 Å². The van der Waals surface area contributed by atoms with E-state index in [0.717, 1.165) is 40.7 Å². The molecule has 5 rings (SSSR count). The Morgan fingerprint density at radius 2 is 1.75 bits per heavy atom. The van der Waals surface area contributed by atoms with E-state index in [1.54, 1.807) is 6.20 Å². The molecule has 20 heavy (non-hydrogen) atoms. The van der Waals surface area contributed by atoms with Crippen LogP contribution < -0.4 is 0 Å². The molecular weight excluding hydrogens is 289 g/mol. The van der Waals surface area contributed by atoms with E-state index in [4.69, 9.17) is 23.2 Å². The van der Waals surface area contributed by atoms with Crippen LogP contribution in [0.3, 0.4) is 0 Å². The lowest BCUT2D eigenvalue weighted by molar-refractivity contribution is -0.0376. The molecule has 1 atom stereocenters. The Labute approximate surface area is 131 Å². The first kappa shape index (κ1) is 13.4. The number of aromatic nitrogens is 1. The maximum absolute atomic E-state index is 6.85. The number of hydrogen-bond acceptors (Lipinski definition) is 1. The lowest BCUT2D eigenvalue weighted by Gasteiger charge is -2.55. The highest BCUT2D eigenvalue weighted by molar-refractivity contribution is 6.31. The molecule has 0 N–H and O–H groups in total. The molecule has 108 valence electrons. The van der Waals surface area contributed by atoms with Gasteiger partial charge in [0.05, 0.1) is 5.02 Å². The Hall–Kier alpha value is -0.270. The second-order valence-electron chi connectivity index (χ2n) is 7.20. The summed E-state index contributed by atoms with van der Waals surface area (Å²) < 4.78 is 0. The molecule has 0 radical (unpaired) electrons. The summed E-state index contributed by atoms with van der Waals surface area (Å²) in [5.41, 5.74) is 1.16. The third kappa shape index (κ3) is 2.27. The molecular formula is C17H21Cl2N. The topological polar surface area (TPSA) is 12.9 Å². The Kier molecular flexibility index (Phi) is 3.47. The standard InChI is InChI=1S/C17H21Cl2N/c18-15(8-12-1-2-20-9-16(12)19)17-13-4-10-3-11(6-13)7-14(17)5-10/h1-2,9-11,13-15,17H,3-8H2. The average molecular weight is 310 g/mol. The van der Waals surface area contributed by atoms with Crippen LogP contribution in [0, 0.1) is 29.6 Å². The van der Waals surface area contributed by atoms with Crippen molar-refractivity contribution in [2.24, 2.45) is 29.6 Å². The lowest BCUT2D eigenvalue weighted by atomic mass is 9.51. The molecule has 0 aliphatic heterocycles. The summed E-state index contributed by atoms with van der Waals surface area (Å²) in [6.07, 6.45) is 11.7. The number of halogens is 2. The van der Waals surface area contributed by atoms with E-state index in [1.165, 1.54) is 32.1 Å². The number of hydrogen-bond donors (Lipinski definition) is 0. The van der Waals surface area contributed by atoms with Crippen LogP contribution >= 0.6 is 23.2 Å². The molecule has 4 saturated carbocycles. The van der Waals surface area contributed by atoms with Gasteiger partial charge in [-0.15, -0.1) is 11.6 Å².